The first-order valence-corrected chi connectivity index (χ1v) is 7.14. The summed E-state index contributed by atoms with van der Waals surface area (Å²) < 4.78 is 0. The van der Waals surface area contributed by atoms with Gasteiger partial charge in [-0.1, -0.05) is 0 Å². The van der Waals surface area contributed by atoms with Crippen molar-refractivity contribution in [2.75, 3.05) is 32.7 Å². The summed E-state index contributed by atoms with van der Waals surface area (Å²) in [5, 5.41) is 19.2. The highest BCUT2D eigenvalue weighted by Crippen LogP contribution is 2.16. The molecule has 0 aromatic carbocycles. The summed E-state index contributed by atoms with van der Waals surface area (Å²) in [6.45, 7) is 6.89. The van der Waals surface area contributed by atoms with Crippen LogP contribution in [0.1, 0.15) is 26.2 Å². The van der Waals surface area contributed by atoms with E-state index in [9.17, 15) is 10.2 Å². The molecule has 0 bridgehead atoms. The summed E-state index contributed by atoms with van der Waals surface area (Å²) in [6, 6.07) is 0.810. The van der Waals surface area contributed by atoms with E-state index in [2.05, 4.69) is 16.7 Å². The van der Waals surface area contributed by atoms with Gasteiger partial charge in [0.25, 0.3) is 0 Å². The highest BCUT2D eigenvalue weighted by Gasteiger charge is 2.29. The summed E-state index contributed by atoms with van der Waals surface area (Å²) in [4.78, 5) is 4.75. The van der Waals surface area contributed by atoms with E-state index < -0.39 is 12.2 Å². The molecule has 2 saturated heterocycles. The fraction of sp³-hybridized carbons (Fsp3) is 1.00. The number of β-amino-alcohol motifs (C(OH)–C–C–N with tert-alkyl or cyclic N) is 1. The number of nitrogens with two attached hydrogens (primary N) is 1. The molecule has 0 aromatic heterocycles. The lowest BCUT2D eigenvalue weighted by atomic mass is 10.0. The van der Waals surface area contributed by atoms with Crippen molar-refractivity contribution in [3.8, 4) is 0 Å². The van der Waals surface area contributed by atoms with Gasteiger partial charge < -0.3 is 20.8 Å². The Kier molecular flexibility index (Phi) is 4.98. The van der Waals surface area contributed by atoms with Crippen LogP contribution in [0.5, 0.6) is 0 Å². The van der Waals surface area contributed by atoms with Crippen molar-refractivity contribution in [1.82, 2.24) is 9.80 Å². The largest absolute Gasteiger partial charge is 0.390 e. The first-order chi connectivity index (χ1) is 8.56. The molecule has 0 spiro atoms. The zero-order valence-corrected chi connectivity index (χ0v) is 11.3. The standard InChI is InChI=1S/C13H27N3O2/c1-10(8-15-5-2-11(14)3-6-15)16-7-4-12(17)13(18)9-16/h10-13,17-18H,2-9,14H2,1H3. The van der Waals surface area contributed by atoms with Crippen LogP contribution in [-0.4, -0.2) is 77.0 Å². The topological polar surface area (TPSA) is 73.0 Å². The molecule has 2 rings (SSSR count). The van der Waals surface area contributed by atoms with Crippen molar-refractivity contribution in [3.05, 3.63) is 0 Å². The smallest absolute Gasteiger partial charge is 0.0926 e. The summed E-state index contributed by atoms with van der Waals surface area (Å²) in [7, 11) is 0. The molecular formula is C13H27N3O2. The highest BCUT2D eigenvalue weighted by atomic mass is 16.3. The number of aliphatic hydroxyl groups excluding tert-OH is 2. The van der Waals surface area contributed by atoms with Crippen molar-refractivity contribution in [2.24, 2.45) is 5.73 Å². The first-order valence-electron chi connectivity index (χ1n) is 7.14. The van der Waals surface area contributed by atoms with E-state index in [1.54, 1.807) is 0 Å². The second-order valence-electron chi connectivity index (χ2n) is 5.91. The average molecular weight is 257 g/mol. The van der Waals surface area contributed by atoms with Gasteiger partial charge in [0.2, 0.25) is 0 Å². The molecule has 2 aliphatic rings. The zero-order valence-electron chi connectivity index (χ0n) is 11.3. The van der Waals surface area contributed by atoms with Crippen molar-refractivity contribution < 1.29 is 10.2 Å². The first kappa shape index (κ1) is 14.2. The SMILES string of the molecule is CC(CN1CCC(N)CC1)N1CCC(O)C(O)C1. The number of hydrogen-bond acceptors (Lipinski definition) is 5. The maximum Gasteiger partial charge on any atom is 0.0926 e. The third kappa shape index (κ3) is 3.65. The molecule has 2 heterocycles. The van der Waals surface area contributed by atoms with Gasteiger partial charge in [0.15, 0.2) is 0 Å². The van der Waals surface area contributed by atoms with Crippen molar-refractivity contribution in [1.29, 1.82) is 0 Å². The lowest BCUT2D eigenvalue weighted by Crippen LogP contribution is -2.53. The van der Waals surface area contributed by atoms with Crippen molar-refractivity contribution in [2.45, 2.75) is 50.5 Å². The number of hydrogen-bond donors (Lipinski definition) is 3. The predicted octanol–water partition coefficient (Wildman–Crippen LogP) is -0.774. The summed E-state index contributed by atoms with van der Waals surface area (Å²) >= 11 is 0. The number of rotatable bonds is 3. The Hall–Kier alpha value is -0.200. The van der Waals surface area contributed by atoms with Crippen LogP contribution >= 0.6 is 0 Å². The van der Waals surface area contributed by atoms with Gasteiger partial charge in [-0.15, -0.1) is 0 Å². The second kappa shape index (κ2) is 6.30. The zero-order chi connectivity index (χ0) is 13.1. The molecule has 5 heteroatoms. The van der Waals surface area contributed by atoms with E-state index in [-0.39, 0.29) is 0 Å². The minimum atomic E-state index is -0.587. The van der Waals surface area contributed by atoms with Gasteiger partial charge in [-0.05, 0) is 39.3 Å². The van der Waals surface area contributed by atoms with Crippen LogP contribution in [0.4, 0.5) is 0 Å². The van der Waals surface area contributed by atoms with Gasteiger partial charge in [-0.25, -0.2) is 0 Å². The third-order valence-electron chi connectivity index (χ3n) is 4.36. The second-order valence-corrected chi connectivity index (χ2v) is 5.91. The minimum Gasteiger partial charge on any atom is -0.390 e. The fourth-order valence-electron chi connectivity index (χ4n) is 2.97. The molecule has 3 atom stereocenters. The van der Waals surface area contributed by atoms with Crippen LogP contribution < -0.4 is 5.73 Å². The Labute approximate surface area is 110 Å². The summed E-state index contributed by atoms with van der Waals surface area (Å²) in [6.07, 6.45) is 1.73. The van der Waals surface area contributed by atoms with Crippen molar-refractivity contribution >= 4 is 0 Å². The molecule has 0 aromatic rings. The van der Waals surface area contributed by atoms with Crippen LogP contribution in [-0.2, 0) is 0 Å². The molecule has 0 aliphatic carbocycles. The van der Waals surface area contributed by atoms with Crippen LogP contribution in [0.25, 0.3) is 0 Å². The number of piperidine rings is 2. The van der Waals surface area contributed by atoms with Crippen LogP contribution in [0.2, 0.25) is 0 Å². The van der Waals surface area contributed by atoms with Gasteiger partial charge in [0.05, 0.1) is 12.2 Å². The molecule has 106 valence electrons. The van der Waals surface area contributed by atoms with E-state index in [0.29, 0.717) is 25.0 Å². The third-order valence-corrected chi connectivity index (χ3v) is 4.36. The summed E-state index contributed by atoms with van der Waals surface area (Å²) in [5.41, 5.74) is 5.91. The highest BCUT2D eigenvalue weighted by molar-refractivity contribution is 4.84. The fourth-order valence-corrected chi connectivity index (χ4v) is 2.97. The average Bonchev–Trinajstić information content (AvgIpc) is 2.35. The van der Waals surface area contributed by atoms with E-state index in [1.165, 1.54) is 0 Å². The van der Waals surface area contributed by atoms with Crippen LogP contribution in [0.15, 0.2) is 0 Å². The molecule has 2 fully saturated rings. The summed E-state index contributed by atoms with van der Waals surface area (Å²) in [5.74, 6) is 0. The normalized spacial score (nSPS) is 34.7. The van der Waals surface area contributed by atoms with E-state index >= 15 is 0 Å². The Morgan fingerprint density at radius 1 is 1.11 bits per heavy atom. The number of aliphatic hydroxyl groups is 2. The van der Waals surface area contributed by atoms with Crippen molar-refractivity contribution in [3.63, 3.8) is 0 Å². The van der Waals surface area contributed by atoms with Gasteiger partial charge in [-0.2, -0.15) is 0 Å². The van der Waals surface area contributed by atoms with E-state index in [1.807, 2.05) is 0 Å². The Morgan fingerprint density at radius 2 is 1.78 bits per heavy atom. The Bertz CT molecular complexity index is 257. The van der Waals surface area contributed by atoms with Gasteiger partial charge in [-0.3, -0.25) is 4.90 Å². The molecule has 2 aliphatic heterocycles. The van der Waals surface area contributed by atoms with E-state index in [4.69, 9.17) is 5.73 Å². The molecule has 4 N–H and O–H groups in total. The van der Waals surface area contributed by atoms with Gasteiger partial charge >= 0.3 is 0 Å². The maximum atomic E-state index is 9.72. The van der Waals surface area contributed by atoms with E-state index in [0.717, 1.165) is 39.0 Å². The molecule has 0 amide bonds. The van der Waals surface area contributed by atoms with Crippen LogP contribution in [0.3, 0.4) is 0 Å². The molecular weight excluding hydrogens is 230 g/mol. The molecule has 3 unspecified atom stereocenters. The lowest BCUT2D eigenvalue weighted by Gasteiger charge is -2.40. The molecule has 0 saturated carbocycles. The predicted molar refractivity (Wildman–Crippen MR) is 71.3 cm³/mol. The molecule has 0 radical (unpaired) electrons. The van der Waals surface area contributed by atoms with Crippen LogP contribution in [0, 0.1) is 0 Å². The Morgan fingerprint density at radius 3 is 2.39 bits per heavy atom. The van der Waals surface area contributed by atoms with Gasteiger partial charge in [0, 0.05) is 31.7 Å². The lowest BCUT2D eigenvalue weighted by molar-refractivity contribution is -0.0508. The van der Waals surface area contributed by atoms with Gasteiger partial charge in [0.1, 0.15) is 0 Å². The number of nitrogens with zero attached hydrogens (tertiary/aromatic N) is 2. The number of likely N-dealkylation sites (tertiary alicyclic amines) is 2. The maximum absolute atomic E-state index is 9.72. The molecule has 5 nitrogen and oxygen atoms in total. The molecule has 18 heavy (non-hydrogen) atoms. The minimum absolute atomic E-state index is 0.378. The quantitative estimate of drug-likeness (QED) is 0.619. The monoisotopic (exact) mass is 257 g/mol. The Balaban J connectivity index is 1.76.